The molecular formula is C44H86N2O6P+. The van der Waals surface area contributed by atoms with Gasteiger partial charge in [-0.15, -0.1) is 0 Å². The summed E-state index contributed by atoms with van der Waals surface area (Å²) in [5.41, 5.74) is 0. The Hall–Kier alpha value is -1.28. The van der Waals surface area contributed by atoms with Crippen molar-refractivity contribution in [3.63, 3.8) is 0 Å². The number of hydrogen-bond donors (Lipinski definition) is 3. The summed E-state index contributed by atoms with van der Waals surface area (Å²) in [4.78, 5) is 22.9. The zero-order chi connectivity index (χ0) is 39.3. The van der Waals surface area contributed by atoms with Crippen LogP contribution >= 0.6 is 7.82 Å². The summed E-state index contributed by atoms with van der Waals surface area (Å²) in [6, 6.07) is -0.842. The van der Waals surface area contributed by atoms with Gasteiger partial charge in [-0.05, 0) is 51.4 Å². The van der Waals surface area contributed by atoms with Crippen LogP contribution in [-0.4, -0.2) is 73.4 Å². The molecule has 312 valence electrons. The molecule has 0 bridgehead atoms. The van der Waals surface area contributed by atoms with Gasteiger partial charge in [-0.1, -0.05) is 166 Å². The van der Waals surface area contributed by atoms with Crippen molar-refractivity contribution in [3.05, 3.63) is 36.5 Å². The van der Waals surface area contributed by atoms with Gasteiger partial charge < -0.3 is 19.8 Å². The number of unbranched alkanes of at least 4 members (excludes halogenated alkanes) is 22. The minimum absolute atomic E-state index is 0.0606. The molecule has 3 atom stereocenters. The van der Waals surface area contributed by atoms with E-state index in [1.165, 1.54) is 116 Å². The molecule has 8 nitrogen and oxygen atoms in total. The van der Waals surface area contributed by atoms with Crippen LogP contribution in [0.2, 0.25) is 0 Å². The lowest BCUT2D eigenvalue weighted by molar-refractivity contribution is -0.870. The summed E-state index contributed by atoms with van der Waals surface area (Å²) >= 11 is 0. The van der Waals surface area contributed by atoms with Crippen molar-refractivity contribution >= 4 is 13.7 Å². The zero-order valence-electron chi connectivity index (χ0n) is 35.3. The fourth-order valence-electron chi connectivity index (χ4n) is 6.07. The number of amides is 1. The molecule has 0 saturated carbocycles. The summed E-state index contributed by atoms with van der Waals surface area (Å²) in [7, 11) is 1.57. The van der Waals surface area contributed by atoms with E-state index in [0.717, 1.165) is 51.4 Å². The summed E-state index contributed by atoms with van der Waals surface area (Å²) < 4.78 is 23.4. The predicted octanol–water partition coefficient (Wildman–Crippen LogP) is 11.9. The van der Waals surface area contributed by atoms with Gasteiger partial charge in [-0.3, -0.25) is 13.8 Å². The number of rotatable bonds is 39. The van der Waals surface area contributed by atoms with Crippen LogP contribution in [0.25, 0.3) is 0 Å². The first kappa shape index (κ1) is 51.7. The Labute approximate surface area is 327 Å². The third-order valence-corrected chi connectivity index (χ3v) is 10.6. The van der Waals surface area contributed by atoms with Gasteiger partial charge in [0.2, 0.25) is 5.91 Å². The van der Waals surface area contributed by atoms with Crippen LogP contribution in [0, 0.1) is 0 Å². The van der Waals surface area contributed by atoms with Crippen LogP contribution in [0.1, 0.15) is 187 Å². The van der Waals surface area contributed by atoms with Gasteiger partial charge in [0, 0.05) is 6.42 Å². The third kappa shape index (κ3) is 38.8. The summed E-state index contributed by atoms with van der Waals surface area (Å²) in [6.07, 6.45) is 43.9. The van der Waals surface area contributed by atoms with Gasteiger partial charge in [-0.25, -0.2) is 4.57 Å². The van der Waals surface area contributed by atoms with E-state index in [9.17, 15) is 19.4 Å². The standard InChI is InChI=1S/C44H85N2O6P/c1-6-8-10-12-14-15-16-17-18-19-20-21-22-23-24-25-26-27-28-29-30-31-32-34-36-38-44(48)45-42(43(47)37-35-33-13-11-9-7-2)41-52-53(49,50)51-40-39-46(3,4)5/h16-17,19-20,35,37,42-43,47H,6-15,18,21-34,36,38-41H2,1-5H3,(H-,45,48,49,50)/p+1/b17-16-,20-19-,37-35+. The molecular weight excluding hydrogens is 683 g/mol. The van der Waals surface area contributed by atoms with Gasteiger partial charge in [0.1, 0.15) is 13.2 Å². The number of aliphatic hydroxyl groups excluding tert-OH is 1. The zero-order valence-corrected chi connectivity index (χ0v) is 36.1. The van der Waals surface area contributed by atoms with E-state index in [0.29, 0.717) is 17.4 Å². The van der Waals surface area contributed by atoms with E-state index < -0.39 is 20.0 Å². The molecule has 0 aromatic carbocycles. The van der Waals surface area contributed by atoms with Gasteiger partial charge in [0.05, 0.1) is 39.9 Å². The average molecular weight is 770 g/mol. The Kier molecular flexibility index (Phi) is 35.5. The van der Waals surface area contributed by atoms with Gasteiger partial charge in [0.15, 0.2) is 0 Å². The Balaban J connectivity index is 4.06. The second kappa shape index (κ2) is 36.4. The molecule has 0 aliphatic heterocycles. The highest BCUT2D eigenvalue weighted by molar-refractivity contribution is 7.47. The predicted molar refractivity (Wildman–Crippen MR) is 226 cm³/mol. The topological polar surface area (TPSA) is 105 Å². The lowest BCUT2D eigenvalue weighted by atomic mass is 10.0. The number of phosphoric acid groups is 1. The van der Waals surface area contributed by atoms with E-state index in [1.807, 2.05) is 27.2 Å². The number of quaternary nitrogens is 1. The first-order valence-corrected chi connectivity index (χ1v) is 23.4. The molecule has 0 radical (unpaired) electrons. The minimum Gasteiger partial charge on any atom is -0.387 e. The third-order valence-electron chi connectivity index (χ3n) is 9.60. The SMILES string of the molecule is CCCCCC/C=C/C(O)C(COP(=O)(O)OCC[N+](C)(C)C)NC(=O)CCCCCCCCCCCCCCC/C=C\C/C=C\CCCCCCC. The number of carbonyl (C=O) groups is 1. The van der Waals surface area contributed by atoms with Crippen LogP contribution in [0.15, 0.2) is 36.5 Å². The number of phosphoric ester groups is 1. The molecule has 0 aliphatic rings. The normalized spacial score (nSPS) is 14.8. The van der Waals surface area contributed by atoms with Crippen LogP contribution in [-0.2, 0) is 18.4 Å². The van der Waals surface area contributed by atoms with Crippen LogP contribution in [0.3, 0.4) is 0 Å². The Morgan fingerprint density at radius 1 is 0.642 bits per heavy atom. The maximum atomic E-state index is 12.8. The molecule has 0 aromatic rings. The number of nitrogens with zero attached hydrogens (tertiary/aromatic N) is 1. The maximum Gasteiger partial charge on any atom is 0.472 e. The van der Waals surface area contributed by atoms with E-state index in [1.54, 1.807) is 6.08 Å². The largest absolute Gasteiger partial charge is 0.472 e. The van der Waals surface area contributed by atoms with Crippen molar-refractivity contribution in [2.45, 2.75) is 199 Å². The fraction of sp³-hybridized carbons (Fsp3) is 0.841. The second-order valence-electron chi connectivity index (χ2n) is 16.1. The van der Waals surface area contributed by atoms with Crippen LogP contribution in [0.5, 0.6) is 0 Å². The number of likely N-dealkylation sites (N-methyl/N-ethyl adjacent to an activating group) is 1. The highest BCUT2D eigenvalue weighted by Crippen LogP contribution is 2.43. The average Bonchev–Trinajstić information content (AvgIpc) is 3.10. The van der Waals surface area contributed by atoms with Gasteiger partial charge in [0.25, 0.3) is 0 Å². The van der Waals surface area contributed by atoms with Gasteiger partial charge >= 0.3 is 7.82 Å². The highest BCUT2D eigenvalue weighted by Gasteiger charge is 2.27. The summed E-state index contributed by atoms with van der Waals surface area (Å²) in [6.45, 7) is 4.71. The Morgan fingerprint density at radius 2 is 1.08 bits per heavy atom. The van der Waals surface area contributed by atoms with E-state index in [2.05, 4.69) is 43.5 Å². The van der Waals surface area contributed by atoms with Crippen molar-refractivity contribution in [2.75, 3.05) is 40.9 Å². The summed E-state index contributed by atoms with van der Waals surface area (Å²) in [5, 5.41) is 13.6. The smallest absolute Gasteiger partial charge is 0.387 e. The Morgan fingerprint density at radius 3 is 1.57 bits per heavy atom. The van der Waals surface area contributed by atoms with Crippen LogP contribution < -0.4 is 5.32 Å². The van der Waals surface area contributed by atoms with Crippen molar-refractivity contribution in [1.29, 1.82) is 0 Å². The fourth-order valence-corrected chi connectivity index (χ4v) is 6.81. The Bertz CT molecular complexity index is 964. The van der Waals surface area contributed by atoms with E-state index in [-0.39, 0.29) is 19.1 Å². The molecule has 0 spiro atoms. The van der Waals surface area contributed by atoms with Crippen molar-refractivity contribution < 1.29 is 32.9 Å². The highest BCUT2D eigenvalue weighted by atomic mass is 31.2. The number of hydrogen-bond acceptors (Lipinski definition) is 5. The molecule has 9 heteroatoms. The molecule has 0 rings (SSSR count). The molecule has 0 heterocycles. The lowest BCUT2D eigenvalue weighted by Gasteiger charge is -2.25. The van der Waals surface area contributed by atoms with Crippen molar-refractivity contribution in [1.82, 2.24) is 5.32 Å². The molecule has 0 aliphatic carbocycles. The lowest BCUT2D eigenvalue weighted by Crippen LogP contribution is -2.45. The quantitative estimate of drug-likeness (QED) is 0.0249. The number of carbonyl (C=O) groups excluding carboxylic acids is 1. The second-order valence-corrected chi connectivity index (χ2v) is 17.5. The molecule has 3 N–H and O–H groups in total. The first-order chi connectivity index (χ1) is 25.5. The molecule has 3 unspecified atom stereocenters. The molecule has 53 heavy (non-hydrogen) atoms. The molecule has 0 saturated heterocycles. The monoisotopic (exact) mass is 770 g/mol. The van der Waals surface area contributed by atoms with E-state index in [4.69, 9.17) is 9.05 Å². The van der Waals surface area contributed by atoms with Crippen LogP contribution in [0.4, 0.5) is 0 Å². The number of allylic oxidation sites excluding steroid dienone is 5. The maximum absolute atomic E-state index is 12.8. The molecule has 0 fully saturated rings. The van der Waals surface area contributed by atoms with Gasteiger partial charge in [-0.2, -0.15) is 0 Å². The molecule has 1 amide bonds. The first-order valence-electron chi connectivity index (χ1n) is 21.9. The van der Waals surface area contributed by atoms with E-state index >= 15 is 0 Å². The number of nitrogens with one attached hydrogen (secondary N) is 1. The minimum atomic E-state index is -4.32. The van der Waals surface area contributed by atoms with Crippen molar-refractivity contribution in [3.8, 4) is 0 Å². The summed E-state index contributed by atoms with van der Waals surface area (Å²) in [5.74, 6) is -0.185. The van der Waals surface area contributed by atoms with Crippen molar-refractivity contribution in [2.24, 2.45) is 0 Å². The molecule has 0 aromatic heterocycles. The number of aliphatic hydroxyl groups is 1.